The molecule has 0 aliphatic carbocycles. The predicted octanol–water partition coefficient (Wildman–Crippen LogP) is -0.191. The Morgan fingerprint density at radius 2 is 2.57 bits per heavy atom. The van der Waals surface area contributed by atoms with E-state index in [1.165, 1.54) is 7.11 Å². The van der Waals surface area contributed by atoms with Crippen LogP contribution in [0.25, 0.3) is 0 Å². The lowest BCUT2D eigenvalue weighted by Gasteiger charge is -2.12. The molecule has 0 aromatic carbocycles. The topological polar surface area (TPSA) is 69.0 Å². The summed E-state index contributed by atoms with van der Waals surface area (Å²) in [4.78, 5) is 15.1. The lowest BCUT2D eigenvalue weighted by Crippen LogP contribution is -2.17. The van der Waals surface area contributed by atoms with E-state index in [1.807, 2.05) is 0 Å². The maximum atomic E-state index is 11.0. The van der Waals surface area contributed by atoms with E-state index in [0.717, 1.165) is 25.5 Å². The van der Waals surface area contributed by atoms with E-state index in [0.29, 0.717) is 5.82 Å². The quantitative estimate of drug-likeness (QED) is 0.664. The van der Waals surface area contributed by atoms with Crippen LogP contribution < -0.4 is 5.32 Å². The maximum absolute atomic E-state index is 11.0. The van der Waals surface area contributed by atoms with Crippen LogP contribution in [-0.2, 0) is 22.5 Å². The molecule has 0 radical (unpaired) electrons. The molecule has 0 saturated carbocycles. The van der Waals surface area contributed by atoms with Crippen molar-refractivity contribution in [2.75, 3.05) is 19.0 Å². The van der Waals surface area contributed by atoms with Crippen molar-refractivity contribution in [1.29, 1.82) is 0 Å². The molecule has 0 unspecified atom stereocenters. The van der Waals surface area contributed by atoms with Gasteiger partial charge in [0.1, 0.15) is 6.42 Å². The number of anilines is 1. The first-order valence-electron chi connectivity index (χ1n) is 4.54. The zero-order chi connectivity index (χ0) is 9.97. The van der Waals surface area contributed by atoms with Crippen molar-refractivity contribution in [3.63, 3.8) is 0 Å². The van der Waals surface area contributed by atoms with E-state index in [9.17, 15) is 4.79 Å². The highest BCUT2D eigenvalue weighted by Crippen LogP contribution is 2.10. The summed E-state index contributed by atoms with van der Waals surface area (Å²) < 4.78 is 6.32. The predicted molar refractivity (Wildman–Crippen MR) is 48.8 cm³/mol. The molecule has 2 rings (SSSR count). The van der Waals surface area contributed by atoms with E-state index in [-0.39, 0.29) is 12.4 Å². The van der Waals surface area contributed by atoms with Crippen molar-refractivity contribution >= 4 is 11.9 Å². The van der Waals surface area contributed by atoms with Crippen molar-refractivity contribution in [1.82, 2.24) is 14.8 Å². The number of nitrogens with zero attached hydrogens (tertiary/aromatic N) is 3. The summed E-state index contributed by atoms with van der Waals surface area (Å²) in [5, 5.41) is 7.29. The summed E-state index contributed by atoms with van der Waals surface area (Å²) in [6.45, 7) is 1.77. The number of hydrogen-bond donors (Lipinski definition) is 1. The Kier molecular flexibility index (Phi) is 2.34. The van der Waals surface area contributed by atoms with Gasteiger partial charge >= 0.3 is 5.97 Å². The Balaban J connectivity index is 2.12. The fourth-order valence-corrected chi connectivity index (χ4v) is 1.38. The molecule has 0 spiro atoms. The Morgan fingerprint density at radius 1 is 1.71 bits per heavy atom. The summed E-state index contributed by atoms with van der Waals surface area (Å²) in [5.41, 5.74) is 0. The van der Waals surface area contributed by atoms with Gasteiger partial charge in [0.15, 0.2) is 5.82 Å². The van der Waals surface area contributed by atoms with Gasteiger partial charge in [0.05, 0.1) is 7.11 Å². The first kappa shape index (κ1) is 8.98. The van der Waals surface area contributed by atoms with Crippen LogP contribution in [0.5, 0.6) is 0 Å². The second-order valence-corrected chi connectivity index (χ2v) is 3.11. The van der Waals surface area contributed by atoms with Crippen molar-refractivity contribution < 1.29 is 9.53 Å². The summed E-state index contributed by atoms with van der Waals surface area (Å²) in [6, 6.07) is 0. The minimum absolute atomic E-state index is 0.137. The number of ether oxygens (including phenoxy) is 1. The molecule has 1 aromatic rings. The van der Waals surface area contributed by atoms with E-state index in [1.54, 1.807) is 4.68 Å². The second-order valence-electron chi connectivity index (χ2n) is 3.11. The summed E-state index contributed by atoms with van der Waals surface area (Å²) in [5.74, 6) is 0.948. The number of rotatable bonds is 2. The average Bonchev–Trinajstić information content (AvgIpc) is 2.59. The zero-order valence-corrected chi connectivity index (χ0v) is 7.99. The van der Waals surface area contributed by atoms with Gasteiger partial charge in [-0.3, -0.25) is 4.79 Å². The smallest absolute Gasteiger partial charge is 0.313 e. The highest BCUT2D eigenvalue weighted by molar-refractivity contribution is 5.71. The largest absolute Gasteiger partial charge is 0.469 e. The molecular formula is C8H12N4O2. The van der Waals surface area contributed by atoms with Gasteiger partial charge in [-0.2, -0.15) is 10.1 Å². The fraction of sp³-hybridized carbons (Fsp3) is 0.625. The minimum Gasteiger partial charge on any atom is -0.469 e. The van der Waals surface area contributed by atoms with Crippen molar-refractivity contribution in [3.8, 4) is 0 Å². The number of methoxy groups -OCH3 is 1. The molecule has 0 amide bonds. The highest BCUT2D eigenvalue weighted by Gasteiger charge is 2.15. The van der Waals surface area contributed by atoms with Gasteiger partial charge in [-0.05, 0) is 6.42 Å². The molecule has 0 fully saturated rings. The van der Waals surface area contributed by atoms with Gasteiger partial charge in [-0.1, -0.05) is 0 Å². The molecule has 1 N–H and O–H groups in total. The first-order chi connectivity index (χ1) is 6.79. The SMILES string of the molecule is COC(=O)Cc1nc2n(n1)CCCN2. The molecular weight excluding hydrogens is 184 g/mol. The molecule has 1 aliphatic rings. The summed E-state index contributed by atoms with van der Waals surface area (Å²) in [7, 11) is 1.36. The standard InChI is InChI=1S/C8H12N4O2/c1-14-7(13)5-6-10-8-9-3-2-4-12(8)11-6/h2-5H2,1H3,(H,9,10,11). The Hall–Kier alpha value is -1.59. The number of esters is 1. The zero-order valence-electron chi connectivity index (χ0n) is 7.99. The molecule has 0 atom stereocenters. The molecule has 0 saturated heterocycles. The van der Waals surface area contributed by atoms with E-state index < -0.39 is 0 Å². The highest BCUT2D eigenvalue weighted by atomic mass is 16.5. The van der Waals surface area contributed by atoms with Gasteiger partial charge in [0.2, 0.25) is 5.95 Å². The summed E-state index contributed by atoms with van der Waals surface area (Å²) >= 11 is 0. The molecule has 14 heavy (non-hydrogen) atoms. The van der Waals surface area contributed by atoms with Crippen LogP contribution in [-0.4, -0.2) is 34.4 Å². The monoisotopic (exact) mass is 196 g/mol. The lowest BCUT2D eigenvalue weighted by atomic mass is 10.4. The van der Waals surface area contributed by atoms with Crippen LogP contribution in [0.4, 0.5) is 5.95 Å². The van der Waals surface area contributed by atoms with Crippen molar-refractivity contribution in [3.05, 3.63) is 5.82 Å². The van der Waals surface area contributed by atoms with Crippen LogP contribution in [0.2, 0.25) is 0 Å². The molecule has 2 heterocycles. The number of hydrogen-bond acceptors (Lipinski definition) is 5. The Bertz CT molecular complexity index is 324. The first-order valence-corrected chi connectivity index (χ1v) is 4.54. The number of fused-ring (bicyclic) bond motifs is 1. The Morgan fingerprint density at radius 3 is 3.29 bits per heavy atom. The molecule has 6 heteroatoms. The number of aryl methyl sites for hydroxylation is 1. The molecule has 1 aromatic heterocycles. The van der Waals surface area contributed by atoms with E-state index in [2.05, 4.69) is 20.1 Å². The van der Waals surface area contributed by atoms with Crippen LogP contribution in [0, 0.1) is 0 Å². The lowest BCUT2D eigenvalue weighted by molar-refractivity contribution is -0.139. The number of carbonyl (C=O) groups is 1. The van der Waals surface area contributed by atoms with Gasteiger partial charge in [0, 0.05) is 13.1 Å². The van der Waals surface area contributed by atoms with E-state index in [4.69, 9.17) is 0 Å². The Labute approximate surface area is 81.3 Å². The van der Waals surface area contributed by atoms with Gasteiger partial charge < -0.3 is 10.1 Å². The third-order valence-corrected chi connectivity index (χ3v) is 2.08. The number of aromatic nitrogens is 3. The third-order valence-electron chi connectivity index (χ3n) is 2.08. The normalized spacial score (nSPS) is 14.4. The fourth-order valence-electron chi connectivity index (χ4n) is 1.38. The van der Waals surface area contributed by atoms with Gasteiger partial charge in [-0.15, -0.1) is 0 Å². The third kappa shape index (κ3) is 1.68. The second kappa shape index (κ2) is 3.65. The van der Waals surface area contributed by atoms with Crippen molar-refractivity contribution in [2.24, 2.45) is 0 Å². The van der Waals surface area contributed by atoms with Crippen LogP contribution in [0.3, 0.4) is 0 Å². The van der Waals surface area contributed by atoms with Crippen molar-refractivity contribution in [2.45, 2.75) is 19.4 Å². The molecule has 1 aliphatic heterocycles. The summed E-state index contributed by atoms with van der Waals surface area (Å²) in [6.07, 6.45) is 1.17. The molecule has 6 nitrogen and oxygen atoms in total. The van der Waals surface area contributed by atoms with Crippen LogP contribution >= 0.6 is 0 Å². The minimum atomic E-state index is -0.312. The van der Waals surface area contributed by atoms with E-state index >= 15 is 0 Å². The number of carbonyl (C=O) groups excluding carboxylic acids is 1. The van der Waals surface area contributed by atoms with Gasteiger partial charge in [0.25, 0.3) is 0 Å². The van der Waals surface area contributed by atoms with Crippen LogP contribution in [0.15, 0.2) is 0 Å². The maximum Gasteiger partial charge on any atom is 0.313 e. The molecule has 0 bridgehead atoms. The number of nitrogens with one attached hydrogen (secondary N) is 1. The molecule has 76 valence electrons. The average molecular weight is 196 g/mol. The van der Waals surface area contributed by atoms with Crippen LogP contribution in [0.1, 0.15) is 12.2 Å². The van der Waals surface area contributed by atoms with Gasteiger partial charge in [-0.25, -0.2) is 4.68 Å².